The van der Waals surface area contributed by atoms with Crippen molar-refractivity contribution in [2.24, 2.45) is 0 Å². The third kappa shape index (κ3) is 2.87. The molecule has 1 unspecified atom stereocenters. The van der Waals surface area contributed by atoms with E-state index in [1.54, 1.807) is 30.3 Å². The van der Waals surface area contributed by atoms with Gasteiger partial charge in [0, 0.05) is 5.56 Å². The maximum Gasteiger partial charge on any atom is 0.331 e. The van der Waals surface area contributed by atoms with Crippen LogP contribution in [-0.2, 0) is 24.1 Å². The Morgan fingerprint density at radius 2 is 1.79 bits per heavy atom. The van der Waals surface area contributed by atoms with Gasteiger partial charge in [0.25, 0.3) is 12.8 Å². The summed E-state index contributed by atoms with van der Waals surface area (Å²) in [5.41, 5.74) is 0.571. The van der Waals surface area contributed by atoms with Gasteiger partial charge in [-0.25, -0.2) is 0 Å². The minimum absolute atomic E-state index is 0.101. The quantitative estimate of drug-likeness (QED) is 0.293. The molecule has 14 heavy (non-hydrogen) atoms. The molecule has 5 nitrogen and oxygen atoms in total. The van der Waals surface area contributed by atoms with E-state index in [0.29, 0.717) is 5.56 Å². The van der Waals surface area contributed by atoms with Gasteiger partial charge < -0.3 is 4.74 Å². The molecular formula is C9H8O5. The highest BCUT2D eigenvalue weighted by atomic mass is 17.2. The van der Waals surface area contributed by atoms with E-state index in [4.69, 9.17) is 0 Å². The Morgan fingerprint density at radius 3 is 2.36 bits per heavy atom. The summed E-state index contributed by atoms with van der Waals surface area (Å²) in [7, 11) is 0. The van der Waals surface area contributed by atoms with Crippen LogP contribution in [0.4, 0.5) is 0 Å². The molecule has 0 spiro atoms. The molecule has 0 N–H and O–H groups in total. The molecule has 0 aliphatic rings. The van der Waals surface area contributed by atoms with Gasteiger partial charge in [-0.05, 0) is 0 Å². The van der Waals surface area contributed by atoms with Crippen LogP contribution in [0.1, 0.15) is 11.9 Å². The van der Waals surface area contributed by atoms with Crippen LogP contribution in [0.2, 0.25) is 0 Å². The van der Waals surface area contributed by atoms with Crippen molar-refractivity contribution in [3.05, 3.63) is 35.9 Å². The van der Waals surface area contributed by atoms with Crippen molar-refractivity contribution in [1.82, 2.24) is 0 Å². The summed E-state index contributed by atoms with van der Waals surface area (Å²) in [4.78, 5) is 28.5. The lowest BCUT2D eigenvalue weighted by Crippen LogP contribution is -2.08. The number of hydrogen-bond acceptors (Lipinski definition) is 5. The summed E-state index contributed by atoms with van der Waals surface area (Å²) >= 11 is 0. The maximum absolute atomic E-state index is 10.1. The van der Waals surface area contributed by atoms with Crippen molar-refractivity contribution in [2.45, 2.75) is 6.29 Å². The average Bonchev–Trinajstić information content (AvgIpc) is 2.25. The molecule has 0 saturated carbocycles. The van der Waals surface area contributed by atoms with E-state index in [9.17, 15) is 9.59 Å². The lowest BCUT2D eigenvalue weighted by molar-refractivity contribution is -0.337. The number of rotatable bonds is 6. The maximum atomic E-state index is 10.1. The zero-order valence-corrected chi connectivity index (χ0v) is 7.16. The zero-order valence-electron chi connectivity index (χ0n) is 7.16. The van der Waals surface area contributed by atoms with Gasteiger partial charge in [-0.3, -0.25) is 14.5 Å². The van der Waals surface area contributed by atoms with Crippen LogP contribution < -0.4 is 0 Å². The first kappa shape index (κ1) is 10.2. The molecule has 74 valence electrons. The Hall–Kier alpha value is -1.88. The number of carbonyl (C=O) groups excluding carboxylic acids is 2. The fourth-order valence-corrected chi connectivity index (χ4v) is 0.891. The Balaban J connectivity index is 2.66. The van der Waals surface area contributed by atoms with Crippen LogP contribution in [0, 0.1) is 0 Å². The topological polar surface area (TPSA) is 61.8 Å². The van der Waals surface area contributed by atoms with E-state index in [1.165, 1.54) is 0 Å². The molecule has 0 aliphatic heterocycles. The molecule has 1 aromatic rings. The second-order valence-electron chi connectivity index (χ2n) is 2.26. The summed E-state index contributed by atoms with van der Waals surface area (Å²) in [6, 6.07) is 8.61. The summed E-state index contributed by atoms with van der Waals surface area (Å²) in [5.74, 6) is 0. The molecule has 1 atom stereocenters. The van der Waals surface area contributed by atoms with Crippen molar-refractivity contribution in [1.29, 1.82) is 0 Å². The first-order valence-corrected chi connectivity index (χ1v) is 3.78. The Bertz CT molecular complexity index is 285. The SMILES string of the molecule is O=COOC(OC=O)c1ccccc1. The van der Waals surface area contributed by atoms with Crippen molar-refractivity contribution in [2.75, 3.05) is 0 Å². The van der Waals surface area contributed by atoms with E-state index in [1.807, 2.05) is 0 Å². The highest BCUT2D eigenvalue weighted by Gasteiger charge is 2.13. The number of ether oxygens (including phenoxy) is 1. The molecule has 0 aliphatic carbocycles. The summed E-state index contributed by atoms with van der Waals surface area (Å²) < 4.78 is 4.54. The molecule has 5 heteroatoms. The molecule has 0 radical (unpaired) electrons. The highest BCUT2D eigenvalue weighted by Crippen LogP contribution is 2.17. The molecule has 0 heterocycles. The van der Waals surface area contributed by atoms with Gasteiger partial charge in [-0.1, -0.05) is 30.3 Å². The molecule has 0 bridgehead atoms. The molecule has 1 aromatic carbocycles. The van der Waals surface area contributed by atoms with E-state index in [0.717, 1.165) is 0 Å². The molecule has 1 rings (SSSR count). The standard InChI is InChI=1S/C9H8O5/c10-6-12-9(14-13-7-11)8-4-2-1-3-5-8/h1-7,9H. The van der Waals surface area contributed by atoms with E-state index < -0.39 is 6.29 Å². The van der Waals surface area contributed by atoms with Crippen molar-refractivity contribution in [3.8, 4) is 0 Å². The van der Waals surface area contributed by atoms with Crippen LogP contribution in [0.25, 0.3) is 0 Å². The van der Waals surface area contributed by atoms with E-state index >= 15 is 0 Å². The van der Waals surface area contributed by atoms with Crippen molar-refractivity contribution < 1.29 is 24.1 Å². The van der Waals surface area contributed by atoms with Gasteiger partial charge in [0.1, 0.15) is 0 Å². The average molecular weight is 196 g/mol. The number of carbonyl (C=O) groups is 2. The fraction of sp³-hybridized carbons (Fsp3) is 0.111. The molecular weight excluding hydrogens is 188 g/mol. The molecule has 0 aromatic heterocycles. The third-order valence-corrected chi connectivity index (χ3v) is 1.43. The minimum Gasteiger partial charge on any atom is -0.430 e. The van der Waals surface area contributed by atoms with Crippen LogP contribution in [0.15, 0.2) is 30.3 Å². The Kier molecular flexibility index (Phi) is 4.16. The van der Waals surface area contributed by atoms with E-state index in [2.05, 4.69) is 14.5 Å². The predicted molar refractivity (Wildman–Crippen MR) is 44.6 cm³/mol. The summed E-state index contributed by atoms with van der Waals surface area (Å²) in [6.07, 6.45) is -1.03. The van der Waals surface area contributed by atoms with Gasteiger partial charge in [0.15, 0.2) is 0 Å². The van der Waals surface area contributed by atoms with Gasteiger partial charge in [-0.2, -0.15) is 0 Å². The van der Waals surface area contributed by atoms with Crippen LogP contribution in [0.3, 0.4) is 0 Å². The second-order valence-corrected chi connectivity index (χ2v) is 2.26. The Morgan fingerprint density at radius 1 is 1.07 bits per heavy atom. The molecule has 0 fully saturated rings. The zero-order chi connectivity index (χ0) is 10.2. The number of benzene rings is 1. The first-order valence-electron chi connectivity index (χ1n) is 3.78. The van der Waals surface area contributed by atoms with Gasteiger partial charge in [-0.15, -0.1) is 4.89 Å². The van der Waals surface area contributed by atoms with Gasteiger partial charge >= 0.3 is 6.47 Å². The van der Waals surface area contributed by atoms with Crippen LogP contribution in [0.5, 0.6) is 0 Å². The Labute approximate surface area is 80.1 Å². The number of hydrogen-bond donors (Lipinski definition) is 0. The van der Waals surface area contributed by atoms with Crippen molar-refractivity contribution in [3.63, 3.8) is 0 Å². The minimum atomic E-state index is -1.03. The molecule has 0 amide bonds. The highest BCUT2D eigenvalue weighted by molar-refractivity contribution is 5.38. The molecule has 0 saturated heterocycles. The summed E-state index contributed by atoms with van der Waals surface area (Å²) in [6.45, 7) is 0.315. The smallest absolute Gasteiger partial charge is 0.331 e. The van der Waals surface area contributed by atoms with Gasteiger partial charge in [0.05, 0.1) is 0 Å². The van der Waals surface area contributed by atoms with Gasteiger partial charge in [0.2, 0.25) is 0 Å². The lowest BCUT2D eigenvalue weighted by atomic mass is 10.2. The summed E-state index contributed by atoms with van der Waals surface area (Å²) in [5, 5.41) is 0. The first-order chi connectivity index (χ1) is 6.88. The fourth-order valence-electron chi connectivity index (χ4n) is 0.891. The van der Waals surface area contributed by atoms with Crippen LogP contribution >= 0.6 is 0 Å². The predicted octanol–water partition coefficient (Wildman–Crippen LogP) is 0.963. The monoisotopic (exact) mass is 196 g/mol. The second kappa shape index (κ2) is 5.71. The normalized spacial score (nSPS) is 11.4. The lowest BCUT2D eigenvalue weighted by Gasteiger charge is -2.12. The third-order valence-electron chi connectivity index (χ3n) is 1.43. The van der Waals surface area contributed by atoms with Crippen LogP contribution in [-0.4, -0.2) is 12.9 Å². The van der Waals surface area contributed by atoms with E-state index in [-0.39, 0.29) is 12.9 Å². The van der Waals surface area contributed by atoms with Crippen molar-refractivity contribution >= 4 is 12.9 Å². The largest absolute Gasteiger partial charge is 0.430 e.